The molecule has 0 radical (unpaired) electrons. The lowest BCUT2D eigenvalue weighted by Crippen LogP contribution is -2.49. The van der Waals surface area contributed by atoms with Crippen LogP contribution in [0.5, 0.6) is 5.75 Å². The number of hydrogen-bond donors (Lipinski definition) is 2. The second-order valence-electron chi connectivity index (χ2n) is 6.39. The molecule has 0 bridgehead atoms. The Morgan fingerprint density at radius 1 is 1.36 bits per heavy atom. The minimum Gasteiger partial charge on any atom is -0.478 e. The first-order valence-electron chi connectivity index (χ1n) is 7.79. The normalized spacial score (nSPS) is 17.3. The summed E-state index contributed by atoms with van der Waals surface area (Å²) >= 11 is 0. The zero-order valence-corrected chi connectivity index (χ0v) is 13.1. The Morgan fingerprint density at radius 2 is 1.95 bits per heavy atom. The van der Waals surface area contributed by atoms with Crippen molar-refractivity contribution in [3.63, 3.8) is 0 Å². The minimum atomic E-state index is -1.09. The molecule has 122 valence electrons. The molecule has 1 aliphatic rings. The van der Waals surface area contributed by atoms with Crippen LogP contribution < -0.4 is 10.1 Å². The third-order valence-corrected chi connectivity index (χ3v) is 4.15. The van der Waals surface area contributed by atoms with Gasteiger partial charge in [0.2, 0.25) is 0 Å². The highest BCUT2D eigenvalue weighted by atomic mass is 19.1. The number of ether oxygens (including phenoxy) is 1. The van der Waals surface area contributed by atoms with E-state index >= 15 is 0 Å². The summed E-state index contributed by atoms with van der Waals surface area (Å²) in [7, 11) is 0. The number of benzene rings is 1. The molecular weight excluding hydrogens is 285 g/mol. The third-order valence-electron chi connectivity index (χ3n) is 4.15. The molecule has 4 nitrogen and oxygen atoms in total. The molecule has 1 unspecified atom stereocenters. The third kappa shape index (κ3) is 4.44. The van der Waals surface area contributed by atoms with E-state index in [1.165, 1.54) is 24.3 Å². The van der Waals surface area contributed by atoms with Gasteiger partial charge in [0.1, 0.15) is 11.6 Å². The summed E-state index contributed by atoms with van der Waals surface area (Å²) in [4.78, 5) is 12.2. The molecule has 22 heavy (non-hydrogen) atoms. The van der Waals surface area contributed by atoms with Gasteiger partial charge in [0.25, 0.3) is 5.91 Å². The molecule has 0 spiro atoms. The predicted molar refractivity (Wildman–Crippen MR) is 82.1 cm³/mol. The average Bonchev–Trinajstić information content (AvgIpc) is 3.01. The monoisotopic (exact) mass is 309 g/mol. The van der Waals surface area contributed by atoms with Crippen LogP contribution in [-0.4, -0.2) is 29.3 Å². The lowest BCUT2D eigenvalue weighted by Gasteiger charge is -2.26. The van der Waals surface area contributed by atoms with Crippen molar-refractivity contribution in [1.82, 2.24) is 5.32 Å². The molecule has 2 N–H and O–H groups in total. The van der Waals surface area contributed by atoms with Crippen molar-refractivity contribution >= 4 is 5.91 Å². The zero-order valence-electron chi connectivity index (χ0n) is 13.1. The first kappa shape index (κ1) is 16.7. The first-order valence-corrected chi connectivity index (χ1v) is 7.79. The summed E-state index contributed by atoms with van der Waals surface area (Å²) in [5.74, 6) is 0.0579. The molecule has 1 aromatic carbocycles. The lowest BCUT2D eigenvalue weighted by molar-refractivity contribution is -0.134. The molecule has 0 aliphatic heterocycles. The number of amides is 1. The van der Waals surface area contributed by atoms with Gasteiger partial charge < -0.3 is 15.2 Å². The number of nitrogens with one attached hydrogen (secondary N) is 1. The number of carbonyl (C=O) groups is 1. The fraction of sp³-hybridized carbons (Fsp3) is 0.588. The average molecular weight is 309 g/mol. The predicted octanol–water partition coefficient (Wildman–Crippen LogP) is 2.65. The summed E-state index contributed by atoms with van der Waals surface area (Å²) < 4.78 is 18.5. The Hall–Kier alpha value is -1.62. The molecule has 0 aromatic heterocycles. The van der Waals surface area contributed by atoms with Crippen LogP contribution >= 0.6 is 0 Å². The number of carbonyl (C=O) groups excluding carboxylic acids is 1. The Kier molecular flexibility index (Phi) is 5.40. The van der Waals surface area contributed by atoms with Crippen molar-refractivity contribution in [2.75, 3.05) is 6.54 Å². The molecule has 1 amide bonds. The summed E-state index contributed by atoms with van der Waals surface area (Å²) in [6, 6.07) is 5.54. The van der Waals surface area contributed by atoms with E-state index in [0.29, 0.717) is 5.75 Å². The van der Waals surface area contributed by atoms with Crippen molar-refractivity contribution in [3.05, 3.63) is 30.1 Å². The molecule has 1 atom stereocenters. The van der Waals surface area contributed by atoms with Crippen LogP contribution in [0.25, 0.3) is 0 Å². The van der Waals surface area contributed by atoms with Gasteiger partial charge in [-0.25, -0.2) is 4.39 Å². The van der Waals surface area contributed by atoms with Crippen molar-refractivity contribution in [2.45, 2.75) is 51.2 Å². The largest absolute Gasteiger partial charge is 0.478 e. The topological polar surface area (TPSA) is 58.6 Å². The van der Waals surface area contributed by atoms with E-state index in [-0.39, 0.29) is 24.2 Å². The smallest absolute Gasteiger partial charge is 0.263 e. The van der Waals surface area contributed by atoms with Crippen LogP contribution in [-0.2, 0) is 4.79 Å². The molecule has 2 rings (SSSR count). The fourth-order valence-corrected chi connectivity index (χ4v) is 2.76. The second-order valence-corrected chi connectivity index (χ2v) is 6.39. The van der Waals surface area contributed by atoms with Crippen LogP contribution in [0.4, 0.5) is 4.39 Å². The minimum absolute atomic E-state index is 0.236. The van der Waals surface area contributed by atoms with E-state index in [9.17, 15) is 14.3 Å². The van der Waals surface area contributed by atoms with Crippen LogP contribution in [0.2, 0.25) is 0 Å². The number of rotatable bonds is 6. The van der Waals surface area contributed by atoms with Gasteiger partial charge in [-0.15, -0.1) is 0 Å². The maximum atomic E-state index is 12.9. The molecule has 0 heterocycles. The Bertz CT molecular complexity index is 495. The van der Waals surface area contributed by atoms with Crippen molar-refractivity contribution in [3.8, 4) is 5.75 Å². The van der Waals surface area contributed by atoms with Crippen molar-refractivity contribution < 1.29 is 19.0 Å². The number of halogens is 1. The van der Waals surface area contributed by atoms with E-state index in [4.69, 9.17) is 4.74 Å². The van der Waals surface area contributed by atoms with Gasteiger partial charge >= 0.3 is 0 Å². The highest BCUT2D eigenvalue weighted by Gasteiger charge is 2.31. The van der Waals surface area contributed by atoms with Gasteiger partial charge in [-0.2, -0.15) is 0 Å². The molecule has 1 fully saturated rings. The van der Waals surface area contributed by atoms with Crippen LogP contribution in [0.15, 0.2) is 24.3 Å². The van der Waals surface area contributed by atoms with E-state index < -0.39 is 11.7 Å². The lowest BCUT2D eigenvalue weighted by atomic mass is 10.0. The van der Waals surface area contributed by atoms with Crippen LogP contribution in [0.3, 0.4) is 0 Å². The quantitative estimate of drug-likeness (QED) is 0.849. The maximum absolute atomic E-state index is 12.9. The van der Waals surface area contributed by atoms with Gasteiger partial charge in [-0.3, -0.25) is 4.79 Å². The van der Waals surface area contributed by atoms with Gasteiger partial charge in [0, 0.05) is 6.54 Å². The fourth-order valence-electron chi connectivity index (χ4n) is 2.76. The SMILES string of the molecule is CC(C)(Oc1ccc(F)cc1)C(=O)NCC(O)C1CCCC1. The van der Waals surface area contributed by atoms with Crippen LogP contribution in [0.1, 0.15) is 39.5 Å². The summed E-state index contributed by atoms with van der Waals surface area (Å²) in [5.41, 5.74) is -1.09. The Labute approximate surface area is 130 Å². The zero-order chi connectivity index (χ0) is 16.2. The summed E-state index contributed by atoms with van der Waals surface area (Å²) in [5, 5.41) is 12.8. The van der Waals surface area contributed by atoms with E-state index in [0.717, 1.165) is 25.7 Å². The standard InChI is InChI=1S/C17H24FNO3/c1-17(2,22-14-9-7-13(18)8-10-14)16(21)19-11-15(20)12-5-3-4-6-12/h7-10,12,15,20H,3-6,11H2,1-2H3,(H,19,21). The Balaban J connectivity index is 1.85. The van der Waals surface area contributed by atoms with E-state index in [2.05, 4.69) is 5.32 Å². The van der Waals surface area contributed by atoms with E-state index in [1.54, 1.807) is 13.8 Å². The number of aliphatic hydroxyl groups is 1. The van der Waals surface area contributed by atoms with Gasteiger partial charge in [0.05, 0.1) is 6.10 Å². The van der Waals surface area contributed by atoms with Gasteiger partial charge in [-0.1, -0.05) is 12.8 Å². The van der Waals surface area contributed by atoms with E-state index in [1.807, 2.05) is 0 Å². The maximum Gasteiger partial charge on any atom is 0.263 e. The summed E-state index contributed by atoms with van der Waals surface area (Å²) in [6.45, 7) is 3.53. The molecule has 5 heteroatoms. The molecule has 1 aromatic rings. The molecular formula is C17H24FNO3. The second kappa shape index (κ2) is 7.09. The number of hydrogen-bond acceptors (Lipinski definition) is 3. The molecule has 1 aliphatic carbocycles. The molecule has 0 saturated heterocycles. The van der Waals surface area contributed by atoms with Gasteiger partial charge in [0.15, 0.2) is 5.60 Å². The Morgan fingerprint density at radius 3 is 2.55 bits per heavy atom. The highest BCUT2D eigenvalue weighted by molar-refractivity contribution is 5.84. The number of aliphatic hydroxyl groups excluding tert-OH is 1. The van der Waals surface area contributed by atoms with Crippen molar-refractivity contribution in [1.29, 1.82) is 0 Å². The van der Waals surface area contributed by atoms with Crippen LogP contribution in [0, 0.1) is 11.7 Å². The molecule has 1 saturated carbocycles. The summed E-state index contributed by atoms with van der Waals surface area (Å²) in [6.07, 6.45) is 3.83. The highest BCUT2D eigenvalue weighted by Crippen LogP contribution is 2.27. The van der Waals surface area contributed by atoms with Crippen molar-refractivity contribution in [2.24, 2.45) is 5.92 Å². The van der Waals surface area contributed by atoms with Gasteiger partial charge in [-0.05, 0) is 56.9 Å². The first-order chi connectivity index (χ1) is 10.4.